The van der Waals surface area contributed by atoms with Crippen LogP contribution in [-0.4, -0.2) is 46.1 Å². The van der Waals surface area contributed by atoms with E-state index in [2.05, 4.69) is 16.1 Å². The van der Waals surface area contributed by atoms with Crippen LogP contribution in [0.3, 0.4) is 0 Å². The number of aliphatic hydroxyl groups is 1. The van der Waals surface area contributed by atoms with Crippen molar-refractivity contribution in [2.45, 2.75) is 38.3 Å². The SMILES string of the molecule is COc1ccc(-n2cccn2)c(CN2CCCCCC2CO)c1. The minimum atomic E-state index is 0.223. The average Bonchev–Trinajstić information content (AvgIpc) is 3.02. The van der Waals surface area contributed by atoms with Crippen molar-refractivity contribution in [1.29, 1.82) is 0 Å². The second-order valence-electron chi connectivity index (χ2n) is 6.10. The summed E-state index contributed by atoms with van der Waals surface area (Å²) in [5, 5.41) is 14.1. The fraction of sp³-hybridized carbons (Fsp3) is 0.500. The Hall–Kier alpha value is -1.85. The van der Waals surface area contributed by atoms with Crippen LogP contribution in [-0.2, 0) is 6.54 Å². The summed E-state index contributed by atoms with van der Waals surface area (Å²) in [6.07, 6.45) is 8.45. The van der Waals surface area contributed by atoms with Crippen LogP contribution in [0.25, 0.3) is 5.69 Å². The average molecular weight is 315 g/mol. The summed E-state index contributed by atoms with van der Waals surface area (Å²) in [6.45, 7) is 2.06. The molecule has 1 atom stereocenters. The molecule has 2 aromatic rings. The molecule has 0 saturated carbocycles. The molecule has 0 amide bonds. The number of hydrogen-bond donors (Lipinski definition) is 1. The molecule has 1 aliphatic rings. The molecule has 1 aromatic carbocycles. The van der Waals surface area contributed by atoms with Gasteiger partial charge in [0.25, 0.3) is 0 Å². The van der Waals surface area contributed by atoms with Gasteiger partial charge < -0.3 is 9.84 Å². The highest BCUT2D eigenvalue weighted by molar-refractivity contribution is 5.45. The van der Waals surface area contributed by atoms with Crippen molar-refractivity contribution in [3.63, 3.8) is 0 Å². The van der Waals surface area contributed by atoms with E-state index in [4.69, 9.17) is 4.74 Å². The first-order chi connectivity index (χ1) is 11.3. The van der Waals surface area contributed by atoms with Gasteiger partial charge in [0.05, 0.1) is 19.4 Å². The lowest BCUT2D eigenvalue weighted by atomic mass is 10.1. The van der Waals surface area contributed by atoms with E-state index in [1.54, 1.807) is 13.3 Å². The zero-order valence-corrected chi connectivity index (χ0v) is 13.7. The van der Waals surface area contributed by atoms with Crippen molar-refractivity contribution >= 4 is 0 Å². The summed E-state index contributed by atoms with van der Waals surface area (Å²) in [4.78, 5) is 2.40. The predicted molar refractivity (Wildman–Crippen MR) is 89.9 cm³/mol. The molecule has 23 heavy (non-hydrogen) atoms. The van der Waals surface area contributed by atoms with Gasteiger partial charge >= 0.3 is 0 Å². The molecule has 0 bridgehead atoms. The van der Waals surface area contributed by atoms with E-state index in [0.717, 1.165) is 30.9 Å². The molecule has 5 heteroatoms. The Balaban J connectivity index is 1.90. The minimum Gasteiger partial charge on any atom is -0.497 e. The predicted octanol–water partition coefficient (Wildman–Crippen LogP) is 2.62. The number of rotatable bonds is 5. The third kappa shape index (κ3) is 3.74. The van der Waals surface area contributed by atoms with Crippen LogP contribution in [0.1, 0.15) is 31.2 Å². The Kier molecular flexibility index (Phi) is 5.31. The van der Waals surface area contributed by atoms with Crippen LogP contribution in [0.2, 0.25) is 0 Å². The van der Waals surface area contributed by atoms with Crippen molar-refractivity contribution in [2.75, 3.05) is 20.3 Å². The van der Waals surface area contributed by atoms with Gasteiger partial charge in [-0.05, 0) is 49.2 Å². The van der Waals surface area contributed by atoms with Gasteiger partial charge in [0.1, 0.15) is 5.75 Å². The van der Waals surface area contributed by atoms with Crippen molar-refractivity contribution in [1.82, 2.24) is 14.7 Å². The van der Waals surface area contributed by atoms with Crippen LogP contribution in [0.4, 0.5) is 0 Å². The molecular weight excluding hydrogens is 290 g/mol. The molecule has 124 valence electrons. The summed E-state index contributed by atoms with van der Waals surface area (Å²) in [5.74, 6) is 0.853. The number of methoxy groups -OCH3 is 1. The number of nitrogens with zero attached hydrogens (tertiary/aromatic N) is 3. The second kappa shape index (κ2) is 7.62. The fourth-order valence-electron chi connectivity index (χ4n) is 3.32. The van der Waals surface area contributed by atoms with Crippen molar-refractivity contribution in [3.8, 4) is 11.4 Å². The van der Waals surface area contributed by atoms with E-state index in [1.807, 2.05) is 29.1 Å². The third-order valence-electron chi connectivity index (χ3n) is 4.62. The summed E-state index contributed by atoms with van der Waals surface area (Å²) in [6, 6.07) is 8.26. The lowest BCUT2D eigenvalue weighted by Crippen LogP contribution is -2.37. The molecule has 0 aliphatic carbocycles. The van der Waals surface area contributed by atoms with Crippen molar-refractivity contribution in [3.05, 3.63) is 42.2 Å². The fourth-order valence-corrected chi connectivity index (χ4v) is 3.32. The summed E-state index contributed by atoms with van der Waals surface area (Å²) in [7, 11) is 1.69. The van der Waals surface area contributed by atoms with Crippen molar-refractivity contribution in [2.24, 2.45) is 0 Å². The topological polar surface area (TPSA) is 50.5 Å². The highest BCUT2D eigenvalue weighted by atomic mass is 16.5. The van der Waals surface area contributed by atoms with Crippen LogP contribution in [0, 0.1) is 0 Å². The van der Waals surface area contributed by atoms with E-state index in [1.165, 1.54) is 24.8 Å². The molecule has 0 spiro atoms. The molecular formula is C18H25N3O2. The van der Waals surface area contributed by atoms with Crippen LogP contribution in [0.15, 0.2) is 36.7 Å². The lowest BCUT2D eigenvalue weighted by Gasteiger charge is -2.29. The third-order valence-corrected chi connectivity index (χ3v) is 4.62. The van der Waals surface area contributed by atoms with Gasteiger partial charge in [0, 0.05) is 25.0 Å². The molecule has 2 heterocycles. The number of ether oxygens (including phenoxy) is 1. The lowest BCUT2D eigenvalue weighted by molar-refractivity contribution is 0.118. The first-order valence-corrected chi connectivity index (χ1v) is 8.33. The first-order valence-electron chi connectivity index (χ1n) is 8.33. The number of benzene rings is 1. The van der Waals surface area contributed by atoms with Crippen molar-refractivity contribution < 1.29 is 9.84 Å². The standard InChI is InChI=1S/C18H25N3O2/c1-23-17-7-8-18(21-11-5-9-19-21)15(12-17)13-20-10-4-2-3-6-16(20)14-22/h5,7-9,11-12,16,22H,2-4,6,10,13-14H2,1H3. The van der Waals surface area contributed by atoms with Gasteiger partial charge in [-0.15, -0.1) is 0 Å². The molecule has 0 radical (unpaired) electrons. The Morgan fingerprint density at radius 2 is 2.22 bits per heavy atom. The maximum absolute atomic E-state index is 9.73. The molecule has 1 saturated heterocycles. The van der Waals surface area contributed by atoms with Gasteiger partial charge in [-0.3, -0.25) is 4.90 Å². The normalized spacial score (nSPS) is 19.5. The van der Waals surface area contributed by atoms with Gasteiger partial charge in [-0.25, -0.2) is 4.68 Å². The first kappa shape index (κ1) is 16.0. The quantitative estimate of drug-likeness (QED) is 0.921. The van der Waals surface area contributed by atoms with Crippen LogP contribution < -0.4 is 4.74 Å². The monoisotopic (exact) mass is 315 g/mol. The highest BCUT2D eigenvalue weighted by Crippen LogP contribution is 2.25. The Morgan fingerprint density at radius 3 is 2.96 bits per heavy atom. The Bertz CT molecular complexity index is 613. The Morgan fingerprint density at radius 1 is 1.30 bits per heavy atom. The molecule has 5 nitrogen and oxygen atoms in total. The largest absolute Gasteiger partial charge is 0.497 e. The van der Waals surface area contributed by atoms with E-state index in [-0.39, 0.29) is 12.6 Å². The zero-order chi connectivity index (χ0) is 16.1. The molecule has 1 aliphatic heterocycles. The number of hydrogen-bond acceptors (Lipinski definition) is 4. The van der Waals surface area contributed by atoms with Crippen LogP contribution >= 0.6 is 0 Å². The second-order valence-corrected chi connectivity index (χ2v) is 6.10. The van der Waals surface area contributed by atoms with Gasteiger partial charge in [0.15, 0.2) is 0 Å². The zero-order valence-electron chi connectivity index (χ0n) is 13.7. The smallest absolute Gasteiger partial charge is 0.119 e. The molecule has 1 fully saturated rings. The van der Waals surface area contributed by atoms with Gasteiger partial charge in [-0.2, -0.15) is 5.10 Å². The maximum Gasteiger partial charge on any atom is 0.119 e. The number of aromatic nitrogens is 2. The molecule has 1 unspecified atom stereocenters. The van der Waals surface area contributed by atoms with E-state index >= 15 is 0 Å². The van der Waals surface area contributed by atoms with E-state index < -0.39 is 0 Å². The molecule has 1 aromatic heterocycles. The summed E-state index contributed by atoms with van der Waals surface area (Å²) in [5.41, 5.74) is 2.24. The van der Waals surface area contributed by atoms with Gasteiger partial charge in [0.2, 0.25) is 0 Å². The summed E-state index contributed by atoms with van der Waals surface area (Å²) < 4.78 is 7.29. The minimum absolute atomic E-state index is 0.223. The summed E-state index contributed by atoms with van der Waals surface area (Å²) >= 11 is 0. The number of aliphatic hydroxyl groups excluding tert-OH is 1. The molecule has 1 N–H and O–H groups in total. The molecule has 3 rings (SSSR count). The van der Waals surface area contributed by atoms with E-state index in [9.17, 15) is 5.11 Å². The van der Waals surface area contributed by atoms with Crippen LogP contribution in [0.5, 0.6) is 5.75 Å². The van der Waals surface area contributed by atoms with E-state index in [0.29, 0.717) is 0 Å². The maximum atomic E-state index is 9.73. The Labute approximate surface area is 137 Å². The van der Waals surface area contributed by atoms with Gasteiger partial charge in [-0.1, -0.05) is 12.8 Å². The highest BCUT2D eigenvalue weighted by Gasteiger charge is 2.21. The number of likely N-dealkylation sites (tertiary alicyclic amines) is 1.